The predicted octanol–water partition coefficient (Wildman–Crippen LogP) is 1.51. The van der Waals surface area contributed by atoms with Crippen LogP contribution >= 0.6 is 11.6 Å². The van der Waals surface area contributed by atoms with Crippen molar-refractivity contribution in [2.45, 2.75) is 24.1 Å². The van der Waals surface area contributed by atoms with Crippen molar-refractivity contribution in [2.24, 2.45) is 0 Å². The molecule has 6 nitrogen and oxygen atoms in total. The molecule has 0 aliphatic rings. The second kappa shape index (κ2) is 5.18. The monoisotopic (exact) mass is 300 g/mol. The molecule has 2 N–H and O–H groups in total. The summed E-state index contributed by atoms with van der Waals surface area (Å²) < 4.78 is 26.2. The average Bonchev–Trinajstić information content (AvgIpc) is 2.74. The van der Waals surface area contributed by atoms with Gasteiger partial charge < -0.3 is 5.73 Å². The van der Waals surface area contributed by atoms with Crippen molar-refractivity contribution in [3.05, 3.63) is 35.4 Å². The normalized spacial score (nSPS) is 11.7. The highest BCUT2D eigenvalue weighted by atomic mass is 35.5. The first-order valence-electron chi connectivity index (χ1n) is 5.59. The van der Waals surface area contributed by atoms with Crippen LogP contribution in [0.5, 0.6) is 0 Å². The first kappa shape index (κ1) is 13.8. The number of hydrogen-bond acceptors (Lipinski definition) is 5. The summed E-state index contributed by atoms with van der Waals surface area (Å²) in [4.78, 5) is 3.89. The molecule has 1 heterocycles. The van der Waals surface area contributed by atoms with Gasteiger partial charge in [-0.1, -0.05) is 17.7 Å². The molecule has 0 amide bonds. The van der Waals surface area contributed by atoms with Crippen molar-refractivity contribution in [3.63, 3.8) is 0 Å². The number of aryl methyl sites for hydroxylation is 1. The van der Waals surface area contributed by atoms with Crippen LogP contribution in [-0.2, 0) is 22.1 Å². The largest absolute Gasteiger partial charge is 0.398 e. The van der Waals surface area contributed by atoms with E-state index in [2.05, 4.69) is 10.1 Å². The molecule has 0 radical (unpaired) electrons. The maximum atomic E-state index is 12.4. The van der Waals surface area contributed by atoms with Gasteiger partial charge in [0.15, 0.2) is 9.84 Å². The van der Waals surface area contributed by atoms with Crippen molar-refractivity contribution in [1.29, 1.82) is 0 Å². The SMILES string of the molecule is CCn1ncnc1CS(=O)(=O)c1c(N)cccc1Cl. The van der Waals surface area contributed by atoms with E-state index < -0.39 is 9.84 Å². The molecular formula is C11H13ClN4O2S. The van der Waals surface area contributed by atoms with Crippen molar-refractivity contribution < 1.29 is 8.42 Å². The van der Waals surface area contributed by atoms with Crippen LogP contribution in [0.25, 0.3) is 0 Å². The number of nitrogens with two attached hydrogens (primary N) is 1. The molecule has 102 valence electrons. The van der Waals surface area contributed by atoms with Gasteiger partial charge in [-0.15, -0.1) is 0 Å². The van der Waals surface area contributed by atoms with Crippen LogP contribution in [-0.4, -0.2) is 23.2 Å². The summed E-state index contributed by atoms with van der Waals surface area (Å²) in [5.41, 5.74) is 5.83. The fourth-order valence-electron chi connectivity index (χ4n) is 1.76. The number of aromatic nitrogens is 3. The Bertz CT molecular complexity index is 676. The van der Waals surface area contributed by atoms with Gasteiger partial charge in [-0.05, 0) is 19.1 Å². The van der Waals surface area contributed by atoms with E-state index in [0.717, 1.165) is 0 Å². The molecule has 19 heavy (non-hydrogen) atoms. The summed E-state index contributed by atoms with van der Waals surface area (Å²) in [5.74, 6) is 0.0798. The third kappa shape index (κ3) is 2.71. The standard InChI is InChI=1S/C11H13ClN4O2S/c1-2-16-10(14-7-15-16)6-19(17,18)11-8(12)4-3-5-9(11)13/h3-5,7H,2,6,13H2,1H3. The maximum absolute atomic E-state index is 12.4. The zero-order valence-corrected chi connectivity index (χ0v) is 11.8. The van der Waals surface area contributed by atoms with Gasteiger partial charge in [0.2, 0.25) is 0 Å². The van der Waals surface area contributed by atoms with E-state index in [9.17, 15) is 8.42 Å². The van der Waals surface area contributed by atoms with E-state index in [1.165, 1.54) is 23.1 Å². The molecule has 2 rings (SSSR count). The Labute approximate surface area is 116 Å². The van der Waals surface area contributed by atoms with Crippen LogP contribution in [0.2, 0.25) is 5.02 Å². The van der Waals surface area contributed by atoms with Crippen LogP contribution < -0.4 is 5.73 Å². The summed E-state index contributed by atoms with van der Waals surface area (Å²) in [6.07, 6.45) is 1.32. The second-order valence-corrected chi connectivity index (χ2v) is 6.24. The molecule has 0 atom stereocenters. The Kier molecular flexibility index (Phi) is 3.77. The predicted molar refractivity (Wildman–Crippen MR) is 72.5 cm³/mol. The van der Waals surface area contributed by atoms with Gasteiger partial charge in [-0.2, -0.15) is 5.10 Å². The summed E-state index contributed by atoms with van der Waals surface area (Å²) >= 11 is 5.93. The van der Waals surface area contributed by atoms with Gasteiger partial charge in [-0.3, -0.25) is 0 Å². The Morgan fingerprint density at radius 2 is 2.16 bits per heavy atom. The van der Waals surface area contributed by atoms with E-state index in [4.69, 9.17) is 17.3 Å². The molecule has 0 fully saturated rings. The highest BCUT2D eigenvalue weighted by Crippen LogP contribution is 2.29. The van der Waals surface area contributed by atoms with Crippen LogP contribution in [0, 0.1) is 0 Å². The number of rotatable bonds is 4. The van der Waals surface area contributed by atoms with E-state index >= 15 is 0 Å². The first-order chi connectivity index (χ1) is 8.95. The number of anilines is 1. The quantitative estimate of drug-likeness (QED) is 0.864. The topological polar surface area (TPSA) is 90.9 Å². The van der Waals surface area contributed by atoms with Crippen LogP contribution in [0.3, 0.4) is 0 Å². The van der Waals surface area contributed by atoms with Gasteiger partial charge in [0.1, 0.15) is 22.8 Å². The minimum Gasteiger partial charge on any atom is -0.398 e. The Hall–Kier alpha value is -1.60. The lowest BCUT2D eigenvalue weighted by atomic mass is 10.3. The van der Waals surface area contributed by atoms with E-state index in [1.54, 1.807) is 6.07 Å². The van der Waals surface area contributed by atoms with Gasteiger partial charge in [0, 0.05) is 6.54 Å². The van der Waals surface area contributed by atoms with Gasteiger partial charge in [0.25, 0.3) is 0 Å². The van der Waals surface area contributed by atoms with Gasteiger partial charge in [-0.25, -0.2) is 18.1 Å². The third-order valence-corrected chi connectivity index (χ3v) is 4.77. The molecule has 0 saturated heterocycles. The van der Waals surface area contributed by atoms with Crippen molar-refractivity contribution in [2.75, 3.05) is 5.73 Å². The highest BCUT2D eigenvalue weighted by molar-refractivity contribution is 7.91. The molecule has 0 spiro atoms. The van der Waals surface area contributed by atoms with Crippen LogP contribution in [0.4, 0.5) is 5.69 Å². The lowest BCUT2D eigenvalue weighted by Gasteiger charge is -2.09. The average molecular weight is 301 g/mol. The van der Waals surface area contributed by atoms with Gasteiger partial charge >= 0.3 is 0 Å². The minimum atomic E-state index is -3.66. The van der Waals surface area contributed by atoms with Crippen molar-refractivity contribution in [3.8, 4) is 0 Å². The Morgan fingerprint density at radius 3 is 2.79 bits per heavy atom. The molecule has 0 unspecified atom stereocenters. The molecule has 8 heteroatoms. The lowest BCUT2D eigenvalue weighted by molar-refractivity contribution is 0.584. The molecule has 0 saturated carbocycles. The molecule has 1 aromatic heterocycles. The van der Waals surface area contributed by atoms with E-state index in [1.807, 2.05) is 6.92 Å². The number of nitrogen functional groups attached to an aromatic ring is 1. The minimum absolute atomic E-state index is 0.0534. The first-order valence-corrected chi connectivity index (χ1v) is 7.62. The maximum Gasteiger partial charge on any atom is 0.189 e. The van der Waals surface area contributed by atoms with Crippen molar-refractivity contribution >= 4 is 27.1 Å². The smallest absolute Gasteiger partial charge is 0.189 e. The highest BCUT2D eigenvalue weighted by Gasteiger charge is 2.24. The molecule has 0 aliphatic heterocycles. The molecule has 0 bridgehead atoms. The fourth-order valence-corrected chi connectivity index (χ4v) is 3.79. The summed E-state index contributed by atoms with van der Waals surface area (Å²) in [6, 6.07) is 4.60. The Morgan fingerprint density at radius 1 is 1.42 bits per heavy atom. The Balaban J connectivity index is 2.44. The molecule has 1 aromatic carbocycles. The van der Waals surface area contributed by atoms with Crippen LogP contribution in [0.15, 0.2) is 29.4 Å². The number of halogens is 1. The summed E-state index contributed by atoms with van der Waals surface area (Å²) in [6.45, 7) is 2.40. The van der Waals surface area contributed by atoms with E-state index in [0.29, 0.717) is 12.4 Å². The molecular weight excluding hydrogens is 288 g/mol. The number of nitrogens with zero attached hydrogens (tertiary/aromatic N) is 3. The fraction of sp³-hybridized carbons (Fsp3) is 0.273. The van der Waals surface area contributed by atoms with Crippen LogP contribution in [0.1, 0.15) is 12.7 Å². The number of sulfone groups is 1. The van der Waals surface area contributed by atoms with Crippen molar-refractivity contribution in [1.82, 2.24) is 14.8 Å². The summed E-state index contributed by atoms with van der Waals surface area (Å²) in [5, 5.41) is 4.05. The summed E-state index contributed by atoms with van der Waals surface area (Å²) in [7, 11) is -3.66. The van der Waals surface area contributed by atoms with Gasteiger partial charge in [0.05, 0.1) is 10.7 Å². The number of hydrogen-bond donors (Lipinski definition) is 1. The van der Waals surface area contributed by atoms with E-state index in [-0.39, 0.29) is 21.4 Å². The third-order valence-electron chi connectivity index (χ3n) is 2.62. The second-order valence-electron chi connectivity index (χ2n) is 3.91. The molecule has 0 aliphatic carbocycles. The number of benzene rings is 1. The molecule has 2 aromatic rings. The lowest BCUT2D eigenvalue weighted by Crippen LogP contribution is -2.13. The zero-order valence-electron chi connectivity index (χ0n) is 10.2. The zero-order chi connectivity index (χ0) is 14.0.